The highest BCUT2D eigenvalue weighted by Crippen LogP contribution is 2.23. The maximum atomic E-state index is 8.91. The Morgan fingerprint density at radius 2 is 1.75 bits per heavy atom. The Bertz CT molecular complexity index is 420. The van der Waals surface area contributed by atoms with Gasteiger partial charge >= 0.3 is 0 Å². The highest BCUT2D eigenvalue weighted by atomic mass is 16.3. The van der Waals surface area contributed by atoms with Crippen molar-refractivity contribution >= 4 is 0 Å². The second-order valence-corrected chi connectivity index (χ2v) is 3.50. The number of rotatable bonds is 2. The van der Waals surface area contributed by atoms with Crippen LogP contribution in [-0.2, 0) is 0 Å². The summed E-state index contributed by atoms with van der Waals surface area (Å²) in [7, 11) is 0. The number of β-amino-alcohol motifs (C(OH)–C–C–N with tert-alkyl or cyclic N) is 1. The lowest BCUT2D eigenvalue weighted by Crippen LogP contribution is -2.25. The predicted molar refractivity (Wildman–Crippen MR) is 59.6 cm³/mol. The van der Waals surface area contributed by atoms with E-state index in [0.717, 1.165) is 11.4 Å². The number of allylic oxidation sites excluding steroid dienone is 6. The number of nitrogens with zero attached hydrogens (tertiary/aromatic N) is 3. The molecule has 0 atom stereocenters. The number of aliphatic hydroxyl groups is 1. The zero-order valence-electron chi connectivity index (χ0n) is 9.36. The molecular formula is C12H13N3O. The van der Waals surface area contributed by atoms with Crippen molar-refractivity contribution in [2.75, 3.05) is 13.2 Å². The SMILES string of the molecule is CC1=CC(=C(C#N)C#N)C=C(C)N1CCO. The lowest BCUT2D eigenvalue weighted by molar-refractivity contribution is 0.248. The molecule has 0 unspecified atom stereocenters. The minimum absolute atomic E-state index is 0.0682. The van der Waals surface area contributed by atoms with Gasteiger partial charge in [-0.25, -0.2) is 0 Å². The molecule has 1 heterocycles. The van der Waals surface area contributed by atoms with Crippen LogP contribution in [0.25, 0.3) is 0 Å². The summed E-state index contributed by atoms with van der Waals surface area (Å²) >= 11 is 0. The molecule has 0 saturated carbocycles. The van der Waals surface area contributed by atoms with Gasteiger partial charge in [0.1, 0.15) is 17.7 Å². The van der Waals surface area contributed by atoms with Crippen LogP contribution in [0.1, 0.15) is 13.8 Å². The fourth-order valence-electron chi connectivity index (χ4n) is 1.68. The molecule has 0 radical (unpaired) electrons. The molecule has 1 aliphatic rings. The highest BCUT2D eigenvalue weighted by molar-refractivity contribution is 5.53. The average molecular weight is 215 g/mol. The number of aliphatic hydroxyl groups excluding tert-OH is 1. The number of hydrogen-bond acceptors (Lipinski definition) is 4. The Kier molecular flexibility index (Phi) is 3.88. The van der Waals surface area contributed by atoms with Gasteiger partial charge in [-0.2, -0.15) is 10.5 Å². The van der Waals surface area contributed by atoms with Crippen LogP contribution in [0.4, 0.5) is 0 Å². The third kappa shape index (κ3) is 2.31. The van der Waals surface area contributed by atoms with Crippen molar-refractivity contribution in [3.63, 3.8) is 0 Å². The van der Waals surface area contributed by atoms with Crippen LogP contribution in [0, 0.1) is 22.7 Å². The van der Waals surface area contributed by atoms with Gasteiger partial charge in [-0.05, 0) is 26.0 Å². The van der Waals surface area contributed by atoms with Gasteiger partial charge < -0.3 is 10.0 Å². The molecule has 82 valence electrons. The summed E-state index contributed by atoms with van der Waals surface area (Å²) in [5.74, 6) is 0. The normalized spacial score (nSPS) is 14.8. The molecule has 0 aliphatic carbocycles. The van der Waals surface area contributed by atoms with Crippen molar-refractivity contribution < 1.29 is 5.11 Å². The maximum absolute atomic E-state index is 8.91. The van der Waals surface area contributed by atoms with E-state index in [4.69, 9.17) is 15.6 Å². The minimum atomic E-state index is 0.0682. The largest absolute Gasteiger partial charge is 0.395 e. The van der Waals surface area contributed by atoms with Gasteiger partial charge in [0.05, 0.1) is 6.61 Å². The molecule has 1 aliphatic heterocycles. The summed E-state index contributed by atoms with van der Waals surface area (Å²) in [6.07, 6.45) is 3.56. The molecule has 0 fully saturated rings. The molecule has 0 aromatic carbocycles. The van der Waals surface area contributed by atoms with E-state index in [2.05, 4.69) is 0 Å². The molecule has 0 bridgehead atoms. The third-order valence-electron chi connectivity index (χ3n) is 2.42. The summed E-state index contributed by atoms with van der Waals surface area (Å²) in [6, 6.07) is 3.74. The molecule has 0 aromatic heterocycles. The van der Waals surface area contributed by atoms with Gasteiger partial charge in [-0.1, -0.05) is 0 Å². The van der Waals surface area contributed by atoms with Crippen molar-refractivity contribution in [3.8, 4) is 12.1 Å². The topological polar surface area (TPSA) is 71.0 Å². The minimum Gasteiger partial charge on any atom is -0.395 e. The van der Waals surface area contributed by atoms with Gasteiger partial charge in [0, 0.05) is 23.5 Å². The van der Waals surface area contributed by atoms with Crippen LogP contribution in [-0.4, -0.2) is 23.2 Å². The molecule has 0 saturated heterocycles. The predicted octanol–water partition coefficient (Wildman–Crippen LogP) is 1.45. The lowest BCUT2D eigenvalue weighted by atomic mass is 10.0. The van der Waals surface area contributed by atoms with Crippen LogP contribution in [0.2, 0.25) is 0 Å². The Balaban J connectivity index is 3.15. The standard InChI is InChI=1S/C12H13N3O/c1-9-5-11(12(7-13)8-14)6-10(2)15(9)3-4-16/h5-6,16H,3-4H2,1-2H3. The molecule has 4 heteroatoms. The first-order valence-electron chi connectivity index (χ1n) is 4.93. The number of nitriles is 2. The number of hydrogen-bond donors (Lipinski definition) is 1. The van der Waals surface area contributed by atoms with E-state index in [0.29, 0.717) is 12.1 Å². The quantitative estimate of drug-likeness (QED) is 0.707. The molecule has 16 heavy (non-hydrogen) atoms. The second kappa shape index (κ2) is 5.16. The van der Waals surface area contributed by atoms with Gasteiger partial charge in [-0.3, -0.25) is 0 Å². The fourth-order valence-corrected chi connectivity index (χ4v) is 1.68. The third-order valence-corrected chi connectivity index (χ3v) is 2.42. The fraction of sp³-hybridized carbons (Fsp3) is 0.333. The van der Waals surface area contributed by atoms with E-state index in [1.54, 1.807) is 12.2 Å². The van der Waals surface area contributed by atoms with Crippen molar-refractivity contribution in [2.45, 2.75) is 13.8 Å². The summed E-state index contributed by atoms with van der Waals surface area (Å²) in [5, 5.41) is 26.5. The van der Waals surface area contributed by atoms with Crippen LogP contribution in [0.3, 0.4) is 0 Å². The zero-order valence-corrected chi connectivity index (χ0v) is 9.36. The molecule has 1 N–H and O–H groups in total. The van der Waals surface area contributed by atoms with Crippen molar-refractivity contribution in [1.29, 1.82) is 10.5 Å². The van der Waals surface area contributed by atoms with E-state index >= 15 is 0 Å². The van der Waals surface area contributed by atoms with Gasteiger partial charge in [-0.15, -0.1) is 0 Å². The first-order valence-corrected chi connectivity index (χ1v) is 4.93. The summed E-state index contributed by atoms with van der Waals surface area (Å²) in [4.78, 5) is 1.94. The molecule has 1 rings (SSSR count). The average Bonchev–Trinajstić information content (AvgIpc) is 2.25. The first kappa shape index (κ1) is 12.0. The van der Waals surface area contributed by atoms with E-state index < -0.39 is 0 Å². The maximum Gasteiger partial charge on any atom is 0.137 e. The van der Waals surface area contributed by atoms with E-state index in [1.165, 1.54) is 0 Å². The molecule has 4 nitrogen and oxygen atoms in total. The van der Waals surface area contributed by atoms with Gasteiger partial charge in [0.25, 0.3) is 0 Å². The van der Waals surface area contributed by atoms with E-state index in [-0.39, 0.29) is 12.2 Å². The zero-order chi connectivity index (χ0) is 12.1. The van der Waals surface area contributed by atoms with Crippen molar-refractivity contribution in [3.05, 3.63) is 34.7 Å². The Hall–Kier alpha value is -2.04. The highest BCUT2D eigenvalue weighted by Gasteiger charge is 2.14. The Labute approximate surface area is 95.0 Å². The van der Waals surface area contributed by atoms with Crippen molar-refractivity contribution in [1.82, 2.24) is 4.90 Å². The molecular weight excluding hydrogens is 202 g/mol. The van der Waals surface area contributed by atoms with Crippen LogP contribution in [0.5, 0.6) is 0 Å². The van der Waals surface area contributed by atoms with Gasteiger partial charge in [0.2, 0.25) is 0 Å². The Morgan fingerprint density at radius 3 is 2.12 bits per heavy atom. The van der Waals surface area contributed by atoms with Crippen molar-refractivity contribution in [2.24, 2.45) is 0 Å². The summed E-state index contributed by atoms with van der Waals surface area (Å²) < 4.78 is 0. The van der Waals surface area contributed by atoms with Crippen LogP contribution < -0.4 is 0 Å². The lowest BCUT2D eigenvalue weighted by Gasteiger charge is -2.28. The van der Waals surface area contributed by atoms with Crippen LogP contribution >= 0.6 is 0 Å². The second-order valence-electron chi connectivity index (χ2n) is 3.50. The molecule has 0 spiro atoms. The van der Waals surface area contributed by atoms with Gasteiger partial charge in [0.15, 0.2) is 0 Å². The molecule has 0 amide bonds. The first-order chi connectivity index (χ1) is 7.63. The van der Waals surface area contributed by atoms with E-state index in [9.17, 15) is 0 Å². The summed E-state index contributed by atoms with van der Waals surface area (Å²) in [6.45, 7) is 4.36. The van der Waals surface area contributed by atoms with E-state index in [1.807, 2.05) is 30.9 Å². The molecule has 0 aromatic rings. The smallest absolute Gasteiger partial charge is 0.137 e. The summed E-state index contributed by atoms with van der Waals surface area (Å²) in [5.41, 5.74) is 2.59. The Morgan fingerprint density at radius 1 is 1.25 bits per heavy atom. The monoisotopic (exact) mass is 215 g/mol. The van der Waals surface area contributed by atoms with Crippen LogP contribution in [0.15, 0.2) is 34.7 Å².